The fourth-order valence-electron chi connectivity index (χ4n) is 3.51. The molecule has 0 radical (unpaired) electrons. The largest absolute Gasteiger partial charge is 0.394 e. The molecule has 4 rings (SSSR count). The van der Waals surface area contributed by atoms with Gasteiger partial charge in [-0.05, 0) is 18.9 Å². The van der Waals surface area contributed by atoms with Crippen LogP contribution in [0.4, 0.5) is 5.82 Å². The Bertz CT molecular complexity index is 934. The number of nitrogens with one attached hydrogen (secondary N) is 1. The van der Waals surface area contributed by atoms with E-state index in [0.717, 1.165) is 6.42 Å². The van der Waals surface area contributed by atoms with Gasteiger partial charge in [-0.3, -0.25) is 4.57 Å². The summed E-state index contributed by atoms with van der Waals surface area (Å²) >= 11 is 0. The summed E-state index contributed by atoms with van der Waals surface area (Å²) in [6, 6.07) is 10.3. The lowest BCUT2D eigenvalue weighted by Crippen LogP contribution is -2.33. The van der Waals surface area contributed by atoms with Crippen molar-refractivity contribution in [2.75, 3.05) is 11.9 Å². The quantitative estimate of drug-likeness (QED) is 0.483. The second kappa shape index (κ2) is 7.80. The van der Waals surface area contributed by atoms with Crippen LogP contribution in [0.25, 0.3) is 11.2 Å². The zero-order valence-electron chi connectivity index (χ0n) is 15.4. The van der Waals surface area contributed by atoms with E-state index in [1.165, 1.54) is 18.2 Å². The molecule has 9 nitrogen and oxygen atoms in total. The molecule has 1 aromatic carbocycles. The molecule has 28 heavy (non-hydrogen) atoms. The van der Waals surface area contributed by atoms with Gasteiger partial charge in [-0.25, -0.2) is 15.0 Å². The van der Waals surface area contributed by atoms with Gasteiger partial charge in [0.25, 0.3) is 0 Å². The molecule has 0 saturated carbocycles. The molecule has 1 saturated heterocycles. The van der Waals surface area contributed by atoms with Crippen molar-refractivity contribution in [2.24, 2.45) is 0 Å². The second-order valence-electron chi connectivity index (χ2n) is 7.01. The molecule has 9 heteroatoms. The fourth-order valence-corrected chi connectivity index (χ4v) is 3.51. The molecule has 2 aromatic heterocycles. The number of nitrogens with zero attached hydrogens (tertiary/aromatic N) is 4. The molecule has 0 amide bonds. The predicted octanol–water partition coefficient (Wildman–Crippen LogP) is 0.481. The molecule has 4 N–H and O–H groups in total. The summed E-state index contributed by atoms with van der Waals surface area (Å²) in [4.78, 5) is 12.9. The van der Waals surface area contributed by atoms with Crippen LogP contribution in [0.2, 0.25) is 0 Å². The molecule has 0 spiro atoms. The van der Waals surface area contributed by atoms with Gasteiger partial charge in [0.1, 0.15) is 24.6 Å². The fraction of sp³-hybridized carbons (Fsp3) is 0.421. The summed E-state index contributed by atoms with van der Waals surface area (Å²) in [6.45, 7) is 1.67. The van der Waals surface area contributed by atoms with Crippen molar-refractivity contribution in [1.82, 2.24) is 19.5 Å². The van der Waals surface area contributed by atoms with Crippen LogP contribution in [-0.4, -0.2) is 65.8 Å². The summed E-state index contributed by atoms with van der Waals surface area (Å²) in [5.41, 5.74) is 2.23. The smallest absolute Gasteiger partial charge is 0.167 e. The Labute approximate surface area is 161 Å². The van der Waals surface area contributed by atoms with Crippen molar-refractivity contribution >= 4 is 17.0 Å². The maximum atomic E-state index is 10.3. The van der Waals surface area contributed by atoms with Gasteiger partial charge in [-0.2, -0.15) is 0 Å². The molecule has 0 bridgehead atoms. The number of benzene rings is 1. The third kappa shape index (κ3) is 3.45. The molecule has 0 aliphatic carbocycles. The first-order valence-electron chi connectivity index (χ1n) is 9.19. The van der Waals surface area contributed by atoms with Crippen molar-refractivity contribution < 1.29 is 20.1 Å². The number of rotatable bonds is 6. The van der Waals surface area contributed by atoms with Crippen molar-refractivity contribution in [3.05, 3.63) is 48.5 Å². The van der Waals surface area contributed by atoms with Crippen molar-refractivity contribution in [2.45, 2.75) is 43.9 Å². The van der Waals surface area contributed by atoms with E-state index in [0.29, 0.717) is 17.0 Å². The van der Waals surface area contributed by atoms with Crippen LogP contribution >= 0.6 is 0 Å². The highest BCUT2D eigenvalue weighted by Gasteiger charge is 2.44. The molecule has 3 heterocycles. The van der Waals surface area contributed by atoms with Gasteiger partial charge >= 0.3 is 0 Å². The van der Waals surface area contributed by atoms with Crippen LogP contribution < -0.4 is 5.32 Å². The van der Waals surface area contributed by atoms with Gasteiger partial charge in [0, 0.05) is 6.04 Å². The molecule has 148 valence electrons. The van der Waals surface area contributed by atoms with Crippen LogP contribution in [0.15, 0.2) is 43.0 Å². The van der Waals surface area contributed by atoms with E-state index < -0.39 is 24.5 Å². The average molecular weight is 385 g/mol. The molecule has 1 aliphatic rings. The van der Waals surface area contributed by atoms with Gasteiger partial charge in [0.2, 0.25) is 0 Å². The first-order valence-corrected chi connectivity index (χ1v) is 9.19. The maximum absolute atomic E-state index is 10.3. The lowest BCUT2D eigenvalue weighted by molar-refractivity contribution is -0.0511. The molecular formula is C19H23N5O4. The van der Waals surface area contributed by atoms with Crippen LogP contribution in [0.1, 0.15) is 18.7 Å². The monoisotopic (exact) mass is 385 g/mol. The zero-order valence-corrected chi connectivity index (χ0v) is 15.4. The topological polar surface area (TPSA) is 126 Å². The van der Waals surface area contributed by atoms with E-state index in [-0.39, 0.29) is 12.6 Å². The number of fused-ring (bicyclic) bond motifs is 1. The Morgan fingerprint density at radius 1 is 1.14 bits per heavy atom. The summed E-state index contributed by atoms with van der Waals surface area (Å²) in [5, 5.41) is 32.9. The number of aromatic nitrogens is 4. The highest BCUT2D eigenvalue weighted by Crippen LogP contribution is 2.32. The highest BCUT2D eigenvalue weighted by molar-refractivity contribution is 5.82. The SMILES string of the molecule is C[C@@H](Cc1ccccc1)Nc1ncnc2c1ncn2[C@H]1O[C@H](CO)[C@@H](O)[C@H]1O. The van der Waals surface area contributed by atoms with E-state index in [1.807, 2.05) is 18.2 Å². The highest BCUT2D eigenvalue weighted by atomic mass is 16.6. The zero-order chi connectivity index (χ0) is 19.7. The standard InChI is InChI=1S/C19H23N5O4/c1-11(7-12-5-3-2-4-6-12)23-17-14-18(21-9-20-17)24(10-22-14)19-16(27)15(26)13(8-25)28-19/h2-6,9-11,13,15-16,19,25-27H,7-8H2,1H3,(H,20,21,23)/t11-,13+,15+,16+,19-/m0/s1. The first kappa shape index (κ1) is 18.8. The van der Waals surface area contributed by atoms with Gasteiger partial charge in [0.15, 0.2) is 23.2 Å². The molecule has 1 fully saturated rings. The normalized spacial score (nSPS) is 25.9. The van der Waals surface area contributed by atoms with E-state index in [2.05, 4.69) is 39.3 Å². The minimum absolute atomic E-state index is 0.111. The van der Waals surface area contributed by atoms with Gasteiger partial charge < -0.3 is 25.4 Å². The van der Waals surface area contributed by atoms with E-state index >= 15 is 0 Å². The number of hydrogen-bond donors (Lipinski definition) is 4. The number of ether oxygens (including phenoxy) is 1. The second-order valence-corrected chi connectivity index (χ2v) is 7.01. The van der Waals surface area contributed by atoms with E-state index in [9.17, 15) is 15.3 Å². The number of aliphatic hydroxyl groups is 3. The Morgan fingerprint density at radius 3 is 2.64 bits per heavy atom. The number of hydrogen-bond acceptors (Lipinski definition) is 8. The van der Waals surface area contributed by atoms with Gasteiger partial charge in [0.05, 0.1) is 12.9 Å². The van der Waals surface area contributed by atoms with Crippen LogP contribution in [-0.2, 0) is 11.2 Å². The van der Waals surface area contributed by atoms with Crippen molar-refractivity contribution in [3.8, 4) is 0 Å². The van der Waals surface area contributed by atoms with Crippen molar-refractivity contribution in [3.63, 3.8) is 0 Å². The Kier molecular flexibility index (Phi) is 5.23. The van der Waals surface area contributed by atoms with Crippen LogP contribution in [0, 0.1) is 0 Å². The molecule has 0 unspecified atom stereocenters. The van der Waals surface area contributed by atoms with Crippen LogP contribution in [0.5, 0.6) is 0 Å². The Balaban J connectivity index is 1.57. The lowest BCUT2D eigenvalue weighted by Gasteiger charge is -2.17. The predicted molar refractivity (Wildman–Crippen MR) is 102 cm³/mol. The summed E-state index contributed by atoms with van der Waals surface area (Å²) in [7, 11) is 0. The summed E-state index contributed by atoms with van der Waals surface area (Å²) in [5.74, 6) is 0.582. The Morgan fingerprint density at radius 2 is 1.93 bits per heavy atom. The average Bonchev–Trinajstić information content (AvgIpc) is 3.25. The number of aliphatic hydroxyl groups excluding tert-OH is 3. The maximum Gasteiger partial charge on any atom is 0.167 e. The summed E-state index contributed by atoms with van der Waals surface area (Å²) in [6.07, 6.45) is -0.395. The van der Waals surface area contributed by atoms with Gasteiger partial charge in [-0.1, -0.05) is 30.3 Å². The third-order valence-corrected chi connectivity index (χ3v) is 4.92. The Hall–Kier alpha value is -2.59. The first-order chi connectivity index (χ1) is 13.6. The van der Waals surface area contributed by atoms with E-state index in [4.69, 9.17) is 4.74 Å². The molecule has 1 aliphatic heterocycles. The van der Waals surface area contributed by atoms with Crippen molar-refractivity contribution in [1.29, 1.82) is 0 Å². The molecule has 3 aromatic rings. The number of anilines is 1. The van der Waals surface area contributed by atoms with Crippen LogP contribution in [0.3, 0.4) is 0 Å². The number of imidazole rings is 1. The lowest BCUT2D eigenvalue weighted by atomic mass is 10.1. The summed E-state index contributed by atoms with van der Waals surface area (Å²) < 4.78 is 7.13. The minimum atomic E-state index is -1.20. The third-order valence-electron chi connectivity index (χ3n) is 4.92. The van der Waals surface area contributed by atoms with E-state index in [1.54, 1.807) is 4.57 Å². The molecule has 5 atom stereocenters. The molecular weight excluding hydrogens is 362 g/mol. The van der Waals surface area contributed by atoms with Gasteiger partial charge in [-0.15, -0.1) is 0 Å². The minimum Gasteiger partial charge on any atom is -0.394 e.